The van der Waals surface area contributed by atoms with Crippen molar-refractivity contribution in [1.82, 2.24) is 0 Å². The van der Waals surface area contributed by atoms with Crippen LogP contribution < -0.4 is 21.2 Å². The van der Waals surface area contributed by atoms with E-state index in [0.717, 1.165) is 18.5 Å². The summed E-state index contributed by atoms with van der Waals surface area (Å²) in [5, 5.41) is 23.4. The minimum absolute atomic E-state index is 0.156. The Bertz CT molecular complexity index is 2060. The van der Waals surface area contributed by atoms with Crippen molar-refractivity contribution in [2.24, 2.45) is 5.41 Å². The van der Waals surface area contributed by atoms with E-state index in [-0.39, 0.29) is 12.0 Å². The molecule has 0 unspecified atom stereocenters. The van der Waals surface area contributed by atoms with Crippen molar-refractivity contribution < 1.29 is 5.11 Å². The summed E-state index contributed by atoms with van der Waals surface area (Å²) in [6.07, 6.45) is 2.83. The largest absolute Gasteiger partial charge is 0.396 e. The Morgan fingerprint density at radius 1 is 0.510 bits per heavy atom. The molecule has 1 heterocycles. The topological polar surface area (TPSA) is 20.2 Å². The van der Waals surface area contributed by atoms with Crippen LogP contribution in [0, 0.1) is 33.1 Å². The van der Waals surface area contributed by atoms with Crippen LogP contribution in [0.3, 0.4) is 0 Å². The van der Waals surface area contributed by atoms with Gasteiger partial charge in [-0.05, 0) is 105 Å². The highest BCUT2D eigenvalue weighted by Crippen LogP contribution is 2.57. The molecule has 7 aromatic rings. The van der Waals surface area contributed by atoms with Gasteiger partial charge in [0.05, 0.1) is 6.61 Å². The molecule has 6 aromatic carbocycles. The Morgan fingerprint density at radius 3 is 1.39 bits per heavy atom. The summed E-state index contributed by atoms with van der Waals surface area (Å²) in [4.78, 5) is 0. The Labute approximate surface area is 295 Å². The molecule has 49 heavy (non-hydrogen) atoms. The molecule has 0 aliphatic heterocycles. The fraction of sp³-hybridized carbons (Fsp3) is 0.200. The molecule has 1 aromatic heterocycles. The molecule has 0 fully saturated rings. The van der Waals surface area contributed by atoms with Crippen LogP contribution in [0.25, 0.3) is 21.0 Å². The van der Waals surface area contributed by atoms with Crippen LogP contribution in [0.15, 0.2) is 146 Å². The number of rotatable bonds is 11. The molecule has 0 saturated carbocycles. The third-order valence-electron chi connectivity index (χ3n) is 9.92. The third kappa shape index (κ3) is 7.07. The van der Waals surface area contributed by atoms with Crippen LogP contribution in [0.4, 0.5) is 0 Å². The average molecular weight is 695 g/mol. The highest BCUT2D eigenvalue weighted by atomic mass is 31.1. The van der Waals surface area contributed by atoms with Gasteiger partial charge in [-0.25, -0.2) is 0 Å². The standard InChI is InChI=1S/C45H45OP3/c1-33-23-25-41(35(3)27-33)48(42-26-24-34(2)28-36(42)4)31-45(29-46,30-47(37-15-7-5-8-16-37)38-17-9-6-10-18-38)32-49-43-21-13-11-19-39(43)40-20-12-14-22-44(40)49/h5-28,46H,29-32H2,1-4H3/t45-/m0/s1. The number of hydrogen-bond donors (Lipinski definition) is 1. The Balaban J connectivity index is 1.46. The summed E-state index contributed by atoms with van der Waals surface area (Å²) in [5.74, 6) is 0. The zero-order valence-electron chi connectivity index (χ0n) is 29.0. The summed E-state index contributed by atoms with van der Waals surface area (Å²) < 4.78 is 0. The minimum Gasteiger partial charge on any atom is -0.396 e. The Kier molecular flexibility index (Phi) is 10.2. The van der Waals surface area contributed by atoms with E-state index in [1.807, 2.05) is 0 Å². The van der Waals surface area contributed by atoms with Crippen molar-refractivity contribution >= 4 is 65.6 Å². The molecule has 246 valence electrons. The van der Waals surface area contributed by atoms with Gasteiger partial charge in [-0.3, -0.25) is 0 Å². The molecule has 4 heteroatoms. The summed E-state index contributed by atoms with van der Waals surface area (Å²) in [6.45, 7) is 9.12. The SMILES string of the molecule is Cc1ccc(P(C[C@](CO)(CP(c2ccccc2)c2ccccc2)Cp2c3ccccc3c3ccccc32)c2ccc(C)cc2C)c(C)c1. The first-order valence-corrected chi connectivity index (χ1v) is 21.8. The molecule has 7 rings (SSSR count). The van der Waals surface area contributed by atoms with Crippen molar-refractivity contribution in [2.45, 2.75) is 33.9 Å². The van der Waals surface area contributed by atoms with Gasteiger partial charge in [-0.2, -0.15) is 0 Å². The maximum Gasteiger partial charge on any atom is 0.0500 e. The first-order valence-electron chi connectivity index (χ1n) is 17.2. The van der Waals surface area contributed by atoms with E-state index in [0.29, 0.717) is 0 Å². The second kappa shape index (κ2) is 14.7. The number of fused-ring (bicyclic) bond motifs is 3. The Hall–Kier alpha value is -3.56. The number of aliphatic hydroxyl groups excluding tert-OH is 1. The number of aryl methyl sites for hydroxylation is 4. The lowest BCUT2D eigenvalue weighted by atomic mass is 9.97. The van der Waals surface area contributed by atoms with Gasteiger partial charge in [0.15, 0.2) is 0 Å². The summed E-state index contributed by atoms with van der Waals surface area (Å²) >= 11 is 0. The lowest BCUT2D eigenvalue weighted by Gasteiger charge is -2.40. The van der Waals surface area contributed by atoms with Gasteiger partial charge in [0.25, 0.3) is 0 Å². The molecule has 0 amide bonds. The van der Waals surface area contributed by atoms with Crippen LogP contribution in [0.5, 0.6) is 0 Å². The molecule has 0 radical (unpaired) electrons. The van der Waals surface area contributed by atoms with Gasteiger partial charge in [-0.1, -0.05) is 157 Å². The van der Waals surface area contributed by atoms with Crippen molar-refractivity contribution in [3.05, 3.63) is 168 Å². The highest BCUT2D eigenvalue weighted by Gasteiger charge is 2.39. The minimum atomic E-state index is -0.774. The number of hydrogen-bond acceptors (Lipinski definition) is 1. The van der Waals surface area contributed by atoms with E-state index < -0.39 is 23.4 Å². The maximum absolute atomic E-state index is 12.1. The molecular weight excluding hydrogens is 649 g/mol. The van der Waals surface area contributed by atoms with E-state index in [4.69, 9.17) is 0 Å². The van der Waals surface area contributed by atoms with Gasteiger partial charge < -0.3 is 5.11 Å². The molecule has 0 bridgehead atoms. The van der Waals surface area contributed by atoms with E-state index in [1.165, 1.54) is 64.5 Å². The predicted octanol–water partition coefficient (Wildman–Crippen LogP) is 10.5. The van der Waals surface area contributed by atoms with Crippen LogP contribution >= 0.6 is 23.4 Å². The van der Waals surface area contributed by atoms with Crippen molar-refractivity contribution in [3.8, 4) is 0 Å². The molecule has 1 atom stereocenters. The molecular formula is C45H45OP3. The van der Waals surface area contributed by atoms with Crippen LogP contribution in [-0.4, -0.2) is 24.0 Å². The highest BCUT2D eigenvalue weighted by molar-refractivity contribution is 7.74. The number of aliphatic hydroxyl groups is 1. The van der Waals surface area contributed by atoms with Gasteiger partial charge in [-0.15, -0.1) is 7.53 Å². The van der Waals surface area contributed by atoms with E-state index in [1.54, 1.807) is 0 Å². The number of benzene rings is 6. The van der Waals surface area contributed by atoms with Crippen molar-refractivity contribution in [3.63, 3.8) is 0 Å². The molecule has 1 N–H and O–H groups in total. The quantitative estimate of drug-likeness (QED) is 0.134. The zero-order chi connectivity index (χ0) is 34.0. The average Bonchev–Trinajstić information content (AvgIpc) is 3.43. The summed E-state index contributed by atoms with van der Waals surface area (Å²) in [7, 11) is -2.18. The van der Waals surface area contributed by atoms with Crippen molar-refractivity contribution in [2.75, 3.05) is 18.9 Å². The van der Waals surface area contributed by atoms with Crippen LogP contribution in [0.1, 0.15) is 22.3 Å². The van der Waals surface area contributed by atoms with E-state index in [9.17, 15) is 5.11 Å². The first-order chi connectivity index (χ1) is 23.9. The molecule has 1 nitrogen and oxygen atoms in total. The van der Waals surface area contributed by atoms with Gasteiger partial charge in [0.2, 0.25) is 0 Å². The summed E-state index contributed by atoms with van der Waals surface area (Å²) in [5.41, 5.74) is 4.98. The predicted molar refractivity (Wildman–Crippen MR) is 221 cm³/mol. The molecule has 0 aliphatic rings. The van der Waals surface area contributed by atoms with Gasteiger partial charge in [0, 0.05) is 15.7 Å². The van der Waals surface area contributed by atoms with E-state index >= 15 is 0 Å². The first kappa shape index (κ1) is 33.9. The summed E-state index contributed by atoms with van der Waals surface area (Å²) in [6, 6.07) is 54.3. The smallest absolute Gasteiger partial charge is 0.0500 e. The van der Waals surface area contributed by atoms with Gasteiger partial charge >= 0.3 is 0 Å². The fourth-order valence-electron chi connectivity index (χ4n) is 7.54. The molecule has 0 saturated heterocycles. The van der Waals surface area contributed by atoms with E-state index in [2.05, 4.69) is 173 Å². The second-order valence-corrected chi connectivity index (χ2v) is 20.2. The molecule has 0 aliphatic carbocycles. The molecule has 0 spiro atoms. The van der Waals surface area contributed by atoms with Gasteiger partial charge in [0.1, 0.15) is 0 Å². The van der Waals surface area contributed by atoms with Crippen molar-refractivity contribution in [1.29, 1.82) is 0 Å². The maximum atomic E-state index is 12.1. The monoisotopic (exact) mass is 694 g/mol. The fourth-order valence-corrected chi connectivity index (χ4v) is 17.0. The lowest BCUT2D eigenvalue weighted by Crippen LogP contribution is -2.39. The second-order valence-electron chi connectivity index (χ2n) is 13.7. The van der Waals surface area contributed by atoms with Crippen LogP contribution in [-0.2, 0) is 6.16 Å². The normalized spacial score (nSPS) is 13.0. The Morgan fingerprint density at radius 2 is 0.939 bits per heavy atom. The lowest BCUT2D eigenvalue weighted by molar-refractivity contribution is 0.176. The van der Waals surface area contributed by atoms with Crippen LogP contribution in [0.2, 0.25) is 0 Å². The third-order valence-corrected chi connectivity index (χ3v) is 18.8. The zero-order valence-corrected chi connectivity index (χ0v) is 31.7.